The number of hydrogen-bond acceptors (Lipinski definition) is 8. The monoisotopic (exact) mass is 613 g/mol. The number of halogens is 1. The molecule has 1 N–H and O–H groups in total. The third-order valence-corrected chi connectivity index (χ3v) is 7.93. The molecule has 12 heteroatoms. The summed E-state index contributed by atoms with van der Waals surface area (Å²) in [5, 5.41) is 3.07. The number of hydrogen-bond donors (Lipinski definition) is 1. The van der Waals surface area contributed by atoms with E-state index in [1.165, 1.54) is 35.4 Å². The van der Waals surface area contributed by atoms with Gasteiger partial charge in [-0.15, -0.1) is 0 Å². The minimum atomic E-state index is -0.454. The van der Waals surface area contributed by atoms with Crippen LogP contribution in [0.1, 0.15) is 28.4 Å². The SMILES string of the molecule is COc1ccc2cc1OCCCN(C(=O)COc1ccc(F)cc1)CC(=O)N[C@H]1CN(C(=O)c3cnc4ccccc4n3)C[C@H]21. The summed E-state index contributed by atoms with van der Waals surface area (Å²) in [7, 11) is 1.56. The molecular weight excluding hydrogens is 581 g/mol. The number of likely N-dealkylation sites (tertiary alicyclic amines) is 1. The summed E-state index contributed by atoms with van der Waals surface area (Å²) in [5.74, 6) is -0.339. The molecule has 0 spiro atoms. The second-order valence-electron chi connectivity index (χ2n) is 10.9. The number of carbonyl (C=O) groups is 3. The number of ether oxygens (including phenoxy) is 3. The molecule has 1 fully saturated rings. The maximum absolute atomic E-state index is 13.6. The van der Waals surface area contributed by atoms with Crippen LogP contribution in [0.3, 0.4) is 0 Å². The van der Waals surface area contributed by atoms with Crippen LogP contribution in [0.25, 0.3) is 11.0 Å². The number of benzene rings is 3. The molecule has 232 valence electrons. The molecule has 1 saturated heterocycles. The Morgan fingerprint density at radius 1 is 1.04 bits per heavy atom. The Labute approximate surface area is 258 Å². The van der Waals surface area contributed by atoms with Crippen molar-refractivity contribution in [3.8, 4) is 17.2 Å². The van der Waals surface area contributed by atoms with Crippen molar-refractivity contribution in [2.75, 3.05) is 46.5 Å². The molecule has 2 aliphatic heterocycles. The number of carbonyl (C=O) groups excluding carboxylic acids is 3. The standard InChI is InChI=1S/C33H32FN5O6/c1-43-29-12-7-21-15-30(29)44-14-4-13-38(32(41)20-45-23-10-8-22(34)9-11-23)19-31(40)37-28-18-39(17-24(21)28)33(42)27-16-35-25-5-2-3-6-26(25)36-27/h2-3,5-12,15-16,24,28H,4,13-14,17-20H2,1H3,(H,37,40)/t24-,28+/m1/s1. The highest BCUT2D eigenvalue weighted by atomic mass is 19.1. The molecule has 45 heavy (non-hydrogen) atoms. The van der Waals surface area contributed by atoms with Gasteiger partial charge in [-0.1, -0.05) is 18.2 Å². The van der Waals surface area contributed by atoms with E-state index in [0.717, 1.165) is 5.56 Å². The molecule has 3 heterocycles. The summed E-state index contributed by atoms with van der Waals surface area (Å²) < 4.78 is 30.4. The largest absolute Gasteiger partial charge is 0.493 e. The van der Waals surface area contributed by atoms with Crippen molar-refractivity contribution in [2.24, 2.45) is 0 Å². The number of aromatic nitrogens is 2. The summed E-state index contributed by atoms with van der Waals surface area (Å²) in [6, 6.07) is 17.8. The van der Waals surface area contributed by atoms with Crippen molar-refractivity contribution < 1.29 is 33.0 Å². The molecule has 1 aromatic heterocycles. The Morgan fingerprint density at radius 2 is 1.84 bits per heavy atom. The van der Waals surface area contributed by atoms with E-state index in [9.17, 15) is 18.8 Å². The lowest BCUT2D eigenvalue weighted by Gasteiger charge is -2.24. The molecule has 6 rings (SSSR count). The Hall–Kier alpha value is -5.26. The zero-order valence-electron chi connectivity index (χ0n) is 24.6. The number of fused-ring (bicyclic) bond motifs is 5. The average Bonchev–Trinajstić information content (AvgIpc) is 3.48. The lowest BCUT2D eigenvalue weighted by Crippen LogP contribution is -2.47. The van der Waals surface area contributed by atoms with Crippen LogP contribution in [0.5, 0.6) is 17.2 Å². The fraction of sp³-hybridized carbons (Fsp3) is 0.303. The predicted molar refractivity (Wildman–Crippen MR) is 162 cm³/mol. The van der Waals surface area contributed by atoms with Gasteiger partial charge in [-0.3, -0.25) is 19.4 Å². The van der Waals surface area contributed by atoms with Gasteiger partial charge in [-0.25, -0.2) is 9.37 Å². The summed E-state index contributed by atoms with van der Waals surface area (Å²) in [6.45, 7) is 0.519. The van der Waals surface area contributed by atoms with E-state index >= 15 is 0 Å². The summed E-state index contributed by atoms with van der Waals surface area (Å²) in [5.41, 5.74) is 2.39. The maximum atomic E-state index is 13.6. The first kappa shape index (κ1) is 29.8. The van der Waals surface area contributed by atoms with Gasteiger partial charge in [0.15, 0.2) is 18.1 Å². The second kappa shape index (κ2) is 13.2. The topological polar surface area (TPSA) is 123 Å². The van der Waals surface area contributed by atoms with Gasteiger partial charge >= 0.3 is 0 Å². The summed E-state index contributed by atoms with van der Waals surface area (Å²) in [4.78, 5) is 52.2. The number of rotatable bonds is 5. The fourth-order valence-corrected chi connectivity index (χ4v) is 5.64. The maximum Gasteiger partial charge on any atom is 0.274 e. The van der Waals surface area contributed by atoms with E-state index < -0.39 is 17.8 Å². The Bertz CT molecular complexity index is 1720. The third kappa shape index (κ3) is 6.79. The van der Waals surface area contributed by atoms with E-state index in [4.69, 9.17) is 14.2 Å². The molecule has 0 aliphatic carbocycles. The van der Waals surface area contributed by atoms with E-state index in [-0.39, 0.29) is 56.3 Å². The van der Waals surface area contributed by atoms with Gasteiger partial charge in [-0.2, -0.15) is 0 Å². The van der Waals surface area contributed by atoms with E-state index in [1.807, 2.05) is 36.4 Å². The van der Waals surface area contributed by atoms with Crippen LogP contribution in [0.15, 0.2) is 72.9 Å². The van der Waals surface area contributed by atoms with Crippen molar-refractivity contribution in [1.29, 1.82) is 0 Å². The van der Waals surface area contributed by atoms with E-state index in [0.29, 0.717) is 41.2 Å². The van der Waals surface area contributed by atoms with Crippen molar-refractivity contribution in [3.63, 3.8) is 0 Å². The van der Waals surface area contributed by atoms with Gasteiger partial charge < -0.3 is 29.3 Å². The molecule has 0 saturated carbocycles. The van der Waals surface area contributed by atoms with Gasteiger partial charge in [0.05, 0.1) is 43.5 Å². The first-order chi connectivity index (χ1) is 21.9. The Morgan fingerprint density at radius 3 is 2.64 bits per heavy atom. The highest BCUT2D eigenvalue weighted by Crippen LogP contribution is 2.35. The van der Waals surface area contributed by atoms with Crippen molar-refractivity contribution in [1.82, 2.24) is 25.1 Å². The normalized spacial score (nSPS) is 18.5. The minimum absolute atomic E-state index is 0.208. The van der Waals surface area contributed by atoms with Crippen LogP contribution in [0.4, 0.5) is 4.39 Å². The second-order valence-corrected chi connectivity index (χ2v) is 10.9. The van der Waals surface area contributed by atoms with Gasteiger partial charge in [0.25, 0.3) is 11.8 Å². The first-order valence-electron chi connectivity index (χ1n) is 14.7. The number of nitrogens with zero attached hydrogens (tertiary/aromatic N) is 4. The molecule has 11 nitrogen and oxygen atoms in total. The smallest absolute Gasteiger partial charge is 0.274 e. The van der Waals surface area contributed by atoms with Gasteiger partial charge in [0.2, 0.25) is 5.91 Å². The van der Waals surface area contributed by atoms with Crippen molar-refractivity contribution >= 4 is 28.8 Å². The van der Waals surface area contributed by atoms with Gasteiger partial charge in [0, 0.05) is 25.6 Å². The van der Waals surface area contributed by atoms with Crippen LogP contribution < -0.4 is 19.5 Å². The van der Waals surface area contributed by atoms with Gasteiger partial charge in [-0.05, 0) is 60.5 Å². The minimum Gasteiger partial charge on any atom is -0.493 e. The van der Waals surface area contributed by atoms with Crippen molar-refractivity contribution in [3.05, 3.63) is 90.0 Å². The fourth-order valence-electron chi connectivity index (χ4n) is 5.64. The predicted octanol–water partition coefficient (Wildman–Crippen LogP) is 3.19. The van der Waals surface area contributed by atoms with Crippen LogP contribution in [0, 0.1) is 5.82 Å². The van der Waals surface area contributed by atoms with Crippen LogP contribution >= 0.6 is 0 Å². The summed E-state index contributed by atoms with van der Waals surface area (Å²) in [6.07, 6.45) is 1.92. The highest BCUT2D eigenvalue weighted by Gasteiger charge is 2.38. The van der Waals surface area contributed by atoms with E-state index in [1.54, 1.807) is 18.1 Å². The number of methoxy groups -OCH3 is 1. The highest BCUT2D eigenvalue weighted by molar-refractivity contribution is 5.94. The van der Waals surface area contributed by atoms with Crippen molar-refractivity contribution in [2.45, 2.75) is 18.4 Å². The quantitative estimate of drug-likeness (QED) is 0.364. The lowest BCUT2D eigenvalue weighted by atomic mass is 9.94. The molecule has 3 aromatic carbocycles. The third-order valence-electron chi connectivity index (χ3n) is 7.93. The zero-order chi connectivity index (χ0) is 31.3. The molecule has 2 bridgehead atoms. The molecule has 2 aliphatic rings. The summed E-state index contributed by atoms with van der Waals surface area (Å²) >= 11 is 0. The Kier molecular flexibility index (Phi) is 8.72. The molecule has 3 amide bonds. The molecule has 0 radical (unpaired) electrons. The van der Waals surface area contributed by atoms with Gasteiger partial charge in [0.1, 0.15) is 17.3 Å². The zero-order valence-corrected chi connectivity index (χ0v) is 24.6. The lowest BCUT2D eigenvalue weighted by molar-refractivity contribution is -0.138. The molecule has 2 atom stereocenters. The Balaban J connectivity index is 1.23. The van der Waals surface area contributed by atoms with Crippen LogP contribution in [-0.4, -0.2) is 90.0 Å². The molecular formula is C33H32FN5O6. The number of nitrogens with one attached hydrogen (secondary N) is 1. The number of para-hydroxylation sites is 2. The average molecular weight is 614 g/mol. The van der Waals surface area contributed by atoms with Crippen LogP contribution in [-0.2, 0) is 9.59 Å². The first-order valence-corrected chi connectivity index (χ1v) is 14.7. The molecule has 0 unspecified atom stereocenters. The van der Waals surface area contributed by atoms with E-state index in [2.05, 4.69) is 15.3 Å². The van der Waals surface area contributed by atoms with Crippen LogP contribution in [0.2, 0.25) is 0 Å². The molecule has 4 aromatic rings. The number of amides is 3.